The molecule has 0 saturated heterocycles. The van der Waals surface area contributed by atoms with Crippen molar-refractivity contribution in [3.05, 3.63) is 59.9 Å². The molecule has 1 heterocycles. The molecule has 2 rings (SSSR count). The topological polar surface area (TPSA) is 45.2 Å². The van der Waals surface area contributed by atoms with Gasteiger partial charge in [0.15, 0.2) is 0 Å². The Hall–Kier alpha value is -2.36. The minimum Gasteiger partial charge on any atom is -0.385 e. The summed E-state index contributed by atoms with van der Waals surface area (Å²) < 4.78 is 0. The van der Waals surface area contributed by atoms with Gasteiger partial charge in [0.1, 0.15) is 5.69 Å². The molecule has 0 bridgehead atoms. The van der Waals surface area contributed by atoms with Gasteiger partial charge in [-0.1, -0.05) is 44.2 Å². The number of rotatable bonds is 7. The largest absolute Gasteiger partial charge is 0.385 e. The van der Waals surface area contributed by atoms with E-state index in [9.17, 15) is 4.79 Å². The molecule has 122 valence electrons. The maximum atomic E-state index is 12.7. The summed E-state index contributed by atoms with van der Waals surface area (Å²) in [6.45, 7) is 8.42. The average Bonchev–Trinajstić information content (AvgIpc) is 2.58. The van der Waals surface area contributed by atoms with Gasteiger partial charge in [0.05, 0.1) is 0 Å². The molecular formula is C19H25N3O. The second-order valence-electron chi connectivity index (χ2n) is 6.01. The van der Waals surface area contributed by atoms with Crippen molar-refractivity contribution in [2.75, 3.05) is 18.4 Å². The molecule has 0 radical (unpaired) electrons. The molecular weight excluding hydrogens is 286 g/mol. The second kappa shape index (κ2) is 8.32. The van der Waals surface area contributed by atoms with E-state index in [0.29, 0.717) is 24.7 Å². The van der Waals surface area contributed by atoms with Crippen LogP contribution < -0.4 is 5.32 Å². The second-order valence-corrected chi connectivity index (χ2v) is 6.01. The molecule has 0 fully saturated rings. The summed E-state index contributed by atoms with van der Waals surface area (Å²) in [5, 5.41) is 3.34. The fourth-order valence-corrected chi connectivity index (χ4v) is 2.27. The zero-order valence-electron chi connectivity index (χ0n) is 14.1. The zero-order valence-corrected chi connectivity index (χ0v) is 14.1. The van der Waals surface area contributed by atoms with Gasteiger partial charge in [-0.3, -0.25) is 9.78 Å². The molecule has 1 aromatic carbocycles. The zero-order chi connectivity index (χ0) is 16.7. The lowest BCUT2D eigenvalue weighted by Gasteiger charge is -2.21. The predicted molar refractivity (Wildman–Crippen MR) is 94.4 cm³/mol. The van der Waals surface area contributed by atoms with E-state index in [0.717, 1.165) is 17.8 Å². The first kappa shape index (κ1) is 17.0. The summed E-state index contributed by atoms with van der Waals surface area (Å²) >= 11 is 0. The third-order valence-corrected chi connectivity index (χ3v) is 3.58. The number of benzene rings is 1. The third kappa shape index (κ3) is 5.09. The van der Waals surface area contributed by atoms with Gasteiger partial charge in [0.2, 0.25) is 0 Å². The molecule has 1 amide bonds. The van der Waals surface area contributed by atoms with Gasteiger partial charge in [-0.25, -0.2) is 0 Å². The number of hydrogen-bond acceptors (Lipinski definition) is 3. The Balaban J connectivity index is 2.09. The lowest BCUT2D eigenvalue weighted by Crippen LogP contribution is -2.31. The van der Waals surface area contributed by atoms with Crippen molar-refractivity contribution in [3.63, 3.8) is 0 Å². The monoisotopic (exact) mass is 311 g/mol. The van der Waals surface area contributed by atoms with Crippen molar-refractivity contribution >= 4 is 11.6 Å². The maximum Gasteiger partial charge on any atom is 0.272 e. The molecule has 1 N–H and O–H groups in total. The fourth-order valence-electron chi connectivity index (χ4n) is 2.27. The summed E-state index contributed by atoms with van der Waals surface area (Å²) in [4.78, 5) is 18.8. The maximum absolute atomic E-state index is 12.7. The Morgan fingerprint density at radius 2 is 1.96 bits per heavy atom. The number of amides is 1. The van der Waals surface area contributed by atoms with Gasteiger partial charge < -0.3 is 10.2 Å². The van der Waals surface area contributed by atoms with Crippen LogP contribution in [0, 0.1) is 5.92 Å². The Bertz CT molecular complexity index is 626. The first-order chi connectivity index (χ1) is 11.1. The van der Waals surface area contributed by atoms with Gasteiger partial charge in [-0.2, -0.15) is 0 Å². The number of carbonyl (C=O) groups excluding carboxylic acids is 1. The van der Waals surface area contributed by atoms with Crippen molar-refractivity contribution in [2.24, 2.45) is 5.92 Å². The number of hydrogen-bond donors (Lipinski definition) is 1. The normalized spacial score (nSPS) is 10.6. The molecule has 0 atom stereocenters. The van der Waals surface area contributed by atoms with Crippen molar-refractivity contribution in [1.29, 1.82) is 0 Å². The van der Waals surface area contributed by atoms with Crippen LogP contribution in [0.3, 0.4) is 0 Å². The van der Waals surface area contributed by atoms with E-state index in [1.54, 1.807) is 6.20 Å². The molecule has 1 aromatic heterocycles. The van der Waals surface area contributed by atoms with Crippen molar-refractivity contribution in [1.82, 2.24) is 9.88 Å². The average molecular weight is 311 g/mol. The van der Waals surface area contributed by atoms with Crippen LogP contribution in [0.4, 0.5) is 5.69 Å². The van der Waals surface area contributed by atoms with Gasteiger partial charge in [-0.05, 0) is 30.5 Å². The highest BCUT2D eigenvalue weighted by molar-refractivity contribution is 5.93. The van der Waals surface area contributed by atoms with E-state index >= 15 is 0 Å². The minimum atomic E-state index is -0.0375. The van der Waals surface area contributed by atoms with Crippen LogP contribution in [0.15, 0.2) is 48.7 Å². The summed E-state index contributed by atoms with van der Waals surface area (Å²) in [5.41, 5.74) is 2.54. The molecule has 0 aliphatic heterocycles. The number of nitrogens with zero attached hydrogens (tertiary/aromatic N) is 2. The molecule has 0 unspecified atom stereocenters. The van der Waals surface area contributed by atoms with E-state index in [-0.39, 0.29) is 5.91 Å². The molecule has 0 spiro atoms. The number of carbonyl (C=O) groups is 1. The van der Waals surface area contributed by atoms with Crippen molar-refractivity contribution < 1.29 is 4.79 Å². The third-order valence-electron chi connectivity index (χ3n) is 3.58. The first-order valence-corrected chi connectivity index (χ1v) is 8.13. The van der Waals surface area contributed by atoms with Crippen molar-refractivity contribution in [3.8, 4) is 0 Å². The lowest BCUT2D eigenvalue weighted by atomic mass is 10.2. The van der Waals surface area contributed by atoms with E-state index in [4.69, 9.17) is 0 Å². The molecule has 4 nitrogen and oxygen atoms in total. The number of aromatic nitrogens is 1. The smallest absolute Gasteiger partial charge is 0.272 e. The summed E-state index contributed by atoms with van der Waals surface area (Å²) in [6, 6.07) is 13.7. The Morgan fingerprint density at radius 1 is 1.22 bits per heavy atom. The summed E-state index contributed by atoms with van der Waals surface area (Å²) in [6.07, 6.45) is 1.69. The van der Waals surface area contributed by atoms with Crippen LogP contribution in [0.25, 0.3) is 0 Å². The highest BCUT2D eigenvalue weighted by atomic mass is 16.2. The molecule has 0 aliphatic rings. The minimum absolute atomic E-state index is 0.0375. The number of nitrogens with one attached hydrogen (secondary N) is 1. The highest BCUT2D eigenvalue weighted by Gasteiger charge is 2.16. The van der Waals surface area contributed by atoms with E-state index in [2.05, 4.69) is 24.1 Å². The molecule has 0 saturated carbocycles. The molecule has 2 aromatic rings. The Kier molecular flexibility index (Phi) is 6.15. The van der Waals surface area contributed by atoms with Crippen LogP contribution in [-0.2, 0) is 6.54 Å². The van der Waals surface area contributed by atoms with Crippen LogP contribution in [0.5, 0.6) is 0 Å². The van der Waals surface area contributed by atoms with E-state index in [1.165, 1.54) is 0 Å². The molecule has 0 aliphatic carbocycles. The molecule has 23 heavy (non-hydrogen) atoms. The molecule has 4 heteroatoms. The number of pyridine rings is 1. The van der Waals surface area contributed by atoms with Crippen LogP contribution >= 0.6 is 0 Å². The van der Waals surface area contributed by atoms with Crippen LogP contribution in [0.2, 0.25) is 0 Å². The SMILES string of the molecule is CCN(Cc1ccccc1)C(=O)c1cc(NCC(C)C)ccn1. The highest BCUT2D eigenvalue weighted by Crippen LogP contribution is 2.13. The predicted octanol–water partition coefficient (Wildman–Crippen LogP) is 3.81. The van der Waals surface area contributed by atoms with Crippen LogP contribution in [0.1, 0.15) is 36.8 Å². The van der Waals surface area contributed by atoms with Gasteiger partial charge in [0, 0.05) is 31.5 Å². The van der Waals surface area contributed by atoms with E-state index < -0.39 is 0 Å². The van der Waals surface area contributed by atoms with Crippen LogP contribution in [-0.4, -0.2) is 28.9 Å². The van der Waals surface area contributed by atoms with Crippen molar-refractivity contribution in [2.45, 2.75) is 27.3 Å². The quantitative estimate of drug-likeness (QED) is 0.845. The summed E-state index contributed by atoms with van der Waals surface area (Å²) in [7, 11) is 0. The standard InChI is InChI=1S/C19H25N3O/c1-4-22(14-16-8-6-5-7-9-16)19(23)18-12-17(10-11-20-18)21-13-15(2)3/h5-12,15H,4,13-14H2,1-3H3,(H,20,21). The Morgan fingerprint density at radius 3 is 2.61 bits per heavy atom. The van der Waals surface area contributed by atoms with Gasteiger partial charge >= 0.3 is 0 Å². The first-order valence-electron chi connectivity index (χ1n) is 8.13. The lowest BCUT2D eigenvalue weighted by molar-refractivity contribution is 0.0746. The fraction of sp³-hybridized carbons (Fsp3) is 0.368. The number of anilines is 1. The Labute approximate surface area is 138 Å². The van der Waals surface area contributed by atoms with Gasteiger partial charge in [-0.15, -0.1) is 0 Å². The van der Waals surface area contributed by atoms with E-state index in [1.807, 2.05) is 54.3 Å². The summed E-state index contributed by atoms with van der Waals surface area (Å²) in [5.74, 6) is 0.511. The van der Waals surface area contributed by atoms with Gasteiger partial charge in [0.25, 0.3) is 5.91 Å².